The first-order chi connectivity index (χ1) is 16.2. The highest BCUT2D eigenvalue weighted by Crippen LogP contribution is 2.44. The molecule has 178 valence electrons. The van der Waals surface area contributed by atoms with Crippen LogP contribution in [0, 0.1) is 0 Å². The zero-order chi connectivity index (χ0) is 24.3. The molecule has 8 heteroatoms. The van der Waals surface area contributed by atoms with Gasteiger partial charge in [-0.1, -0.05) is 72.8 Å². The maximum atomic E-state index is 12.3. The van der Waals surface area contributed by atoms with Crippen LogP contribution in [0.4, 0.5) is 4.79 Å². The van der Waals surface area contributed by atoms with Crippen LogP contribution >= 0.6 is 0 Å². The molecule has 0 fully saturated rings. The van der Waals surface area contributed by atoms with Crippen molar-refractivity contribution in [3.05, 3.63) is 95.1 Å². The minimum atomic E-state index is -3.33. The van der Waals surface area contributed by atoms with Crippen LogP contribution < -0.4 is 5.32 Å². The van der Waals surface area contributed by atoms with Gasteiger partial charge in [-0.2, -0.15) is 0 Å². The molecule has 3 aromatic rings. The van der Waals surface area contributed by atoms with E-state index < -0.39 is 28.1 Å². The number of benzene rings is 3. The first-order valence-electron chi connectivity index (χ1n) is 10.9. The van der Waals surface area contributed by atoms with Crippen molar-refractivity contribution in [3.8, 4) is 11.1 Å². The predicted octanol–water partition coefficient (Wildman–Crippen LogP) is 3.16. The Morgan fingerprint density at radius 1 is 0.941 bits per heavy atom. The molecule has 2 atom stereocenters. The van der Waals surface area contributed by atoms with Crippen LogP contribution in [0.2, 0.25) is 0 Å². The summed E-state index contributed by atoms with van der Waals surface area (Å²) in [5.74, 6) is -0.344. The Bertz CT molecular complexity index is 1240. The molecule has 3 N–H and O–H groups in total. The lowest BCUT2D eigenvalue weighted by atomic mass is 9.98. The minimum absolute atomic E-state index is 0.0865. The third-order valence-corrected chi connectivity index (χ3v) is 6.79. The van der Waals surface area contributed by atoms with Gasteiger partial charge in [0.2, 0.25) is 0 Å². The fourth-order valence-electron chi connectivity index (χ4n) is 4.39. The molecule has 1 aliphatic rings. The molecule has 0 spiro atoms. The van der Waals surface area contributed by atoms with E-state index in [1.54, 1.807) is 24.3 Å². The number of ether oxygens (including phenoxy) is 1. The van der Waals surface area contributed by atoms with Crippen molar-refractivity contribution in [3.63, 3.8) is 0 Å². The Kier molecular flexibility index (Phi) is 7.02. The molecule has 0 radical (unpaired) electrons. The van der Waals surface area contributed by atoms with Crippen molar-refractivity contribution >= 4 is 15.9 Å². The maximum absolute atomic E-state index is 12.3. The number of aliphatic hydroxyl groups is 2. The maximum Gasteiger partial charge on any atom is 0.407 e. The zero-order valence-electron chi connectivity index (χ0n) is 18.7. The molecule has 0 saturated carbocycles. The normalized spacial score (nSPS) is 14.7. The first kappa shape index (κ1) is 23.9. The highest BCUT2D eigenvalue weighted by molar-refractivity contribution is 7.89. The number of carbonyl (C=O) groups excluding carboxylic acids is 1. The average molecular weight is 482 g/mol. The SMILES string of the molecule is CS(=O)(=O)Cc1ccccc1C(O)C(O)CNC(=O)OCC1c2ccccc2-c2ccccc21. The number of nitrogens with one attached hydrogen (secondary N) is 1. The Labute approximate surface area is 198 Å². The third-order valence-electron chi connectivity index (χ3n) is 5.96. The van der Waals surface area contributed by atoms with Gasteiger partial charge < -0.3 is 20.3 Å². The van der Waals surface area contributed by atoms with E-state index in [2.05, 4.69) is 5.32 Å². The second kappa shape index (κ2) is 9.97. The number of aliphatic hydroxyl groups excluding tert-OH is 2. The fraction of sp³-hybridized carbons (Fsp3) is 0.269. The summed E-state index contributed by atoms with van der Waals surface area (Å²) in [6.07, 6.45) is -2.32. The number of sulfone groups is 1. The highest BCUT2D eigenvalue weighted by Gasteiger charge is 2.29. The topological polar surface area (TPSA) is 113 Å². The smallest absolute Gasteiger partial charge is 0.407 e. The molecule has 0 aromatic heterocycles. The molecule has 0 bridgehead atoms. The van der Waals surface area contributed by atoms with Crippen molar-refractivity contribution in [1.29, 1.82) is 0 Å². The molecule has 0 heterocycles. The molecule has 4 rings (SSSR count). The van der Waals surface area contributed by atoms with E-state index in [-0.39, 0.29) is 24.8 Å². The Balaban J connectivity index is 1.35. The Hall–Kier alpha value is -3.20. The van der Waals surface area contributed by atoms with Crippen LogP contribution in [-0.4, -0.2) is 50.2 Å². The third kappa shape index (κ3) is 5.30. The van der Waals surface area contributed by atoms with Crippen LogP contribution in [0.5, 0.6) is 0 Å². The highest BCUT2D eigenvalue weighted by atomic mass is 32.2. The van der Waals surface area contributed by atoms with Gasteiger partial charge in [0.05, 0.1) is 5.75 Å². The van der Waals surface area contributed by atoms with E-state index in [0.29, 0.717) is 11.1 Å². The largest absolute Gasteiger partial charge is 0.449 e. The summed E-state index contributed by atoms with van der Waals surface area (Å²) in [6, 6.07) is 22.5. The van der Waals surface area contributed by atoms with E-state index in [1.807, 2.05) is 48.5 Å². The second-order valence-electron chi connectivity index (χ2n) is 8.49. The van der Waals surface area contributed by atoms with Crippen molar-refractivity contribution in [2.24, 2.45) is 0 Å². The quantitative estimate of drug-likeness (QED) is 0.456. The van der Waals surface area contributed by atoms with Gasteiger partial charge in [-0.15, -0.1) is 0 Å². The lowest BCUT2D eigenvalue weighted by Gasteiger charge is -2.21. The molecule has 3 aromatic carbocycles. The monoisotopic (exact) mass is 481 g/mol. The fourth-order valence-corrected chi connectivity index (χ4v) is 5.22. The van der Waals surface area contributed by atoms with Gasteiger partial charge in [0.25, 0.3) is 0 Å². The summed E-state index contributed by atoms with van der Waals surface area (Å²) in [6.45, 7) is -0.124. The molecule has 7 nitrogen and oxygen atoms in total. The first-order valence-corrected chi connectivity index (χ1v) is 13.0. The molecular weight excluding hydrogens is 454 g/mol. The standard InChI is InChI=1S/C26H27NO6S/c1-34(31,32)16-17-8-2-3-9-18(17)25(29)24(28)14-27-26(30)33-15-23-21-12-6-4-10-19(21)20-11-5-7-13-22(20)23/h2-13,23-25,28-29H,14-16H2,1H3,(H,27,30). The summed E-state index contributed by atoms with van der Waals surface area (Å²) in [4.78, 5) is 12.3. The van der Waals surface area contributed by atoms with Gasteiger partial charge in [-0.3, -0.25) is 0 Å². The van der Waals surface area contributed by atoms with Crippen molar-refractivity contribution in [2.45, 2.75) is 23.9 Å². The summed E-state index contributed by atoms with van der Waals surface area (Å²) in [7, 11) is -3.33. The molecule has 2 unspecified atom stereocenters. The van der Waals surface area contributed by atoms with Crippen molar-refractivity contribution < 1.29 is 28.2 Å². The Morgan fingerprint density at radius 3 is 2.12 bits per heavy atom. The average Bonchev–Trinajstić information content (AvgIpc) is 3.14. The van der Waals surface area contributed by atoms with Gasteiger partial charge in [-0.25, -0.2) is 13.2 Å². The minimum Gasteiger partial charge on any atom is -0.449 e. The van der Waals surface area contributed by atoms with E-state index in [9.17, 15) is 23.4 Å². The number of fused-ring (bicyclic) bond motifs is 3. The molecule has 1 amide bonds. The number of hydrogen-bond donors (Lipinski definition) is 3. The number of rotatable bonds is 8. The molecular formula is C26H27NO6S. The summed E-state index contributed by atoms with van der Waals surface area (Å²) < 4.78 is 28.8. The number of alkyl carbamates (subject to hydrolysis) is 1. The summed E-state index contributed by atoms with van der Waals surface area (Å²) in [5.41, 5.74) is 5.13. The van der Waals surface area contributed by atoms with Crippen LogP contribution in [0.3, 0.4) is 0 Å². The van der Waals surface area contributed by atoms with Gasteiger partial charge in [-0.05, 0) is 33.4 Å². The van der Waals surface area contributed by atoms with Crippen molar-refractivity contribution in [1.82, 2.24) is 5.32 Å². The number of amides is 1. The number of hydrogen-bond acceptors (Lipinski definition) is 6. The van der Waals surface area contributed by atoms with Crippen LogP contribution in [0.1, 0.15) is 34.3 Å². The van der Waals surface area contributed by atoms with Crippen LogP contribution in [-0.2, 0) is 20.3 Å². The summed E-state index contributed by atoms with van der Waals surface area (Å²) in [5, 5.41) is 23.5. The van der Waals surface area contributed by atoms with E-state index in [1.165, 1.54) is 0 Å². The lowest BCUT2D eigenvalue weighted by molar-refractivity contribution is 0.0181. The van der Waals surface area contributed by atoms with Gasteiger partial charge in [0.1, 0.15) is 18.8 Å². The molecule has 34 heavy (non-hydrogen) atoms. The predicted molar refractivity (Wildman–Crippen MR) is 129 cm³/mol. The van der Waals surface area contributed by atoms with Crippen LogP contribution in [0.15, 0.2) is 72.8 Å². The molecule has 0 aliphatic heterocycles. The van der Waals surface area contributed by atoms with E-state index in [0.717, 1.165) is 28.5 Å². The zero-order valence-corrected chi connectivity index (χ0v) is 19.5. The van der Waals surface area contributed by atoms with Gasteiger partial charge in [0.15, 0.2) is 9.84 Å². The van der Waals surface area contributed by atoms with Gasteiger partial charge >= 0.3 is 6.09 Å². The Morgan fingerprint density at radius 2 is 1.50 bits per heavy atom. The lowest BCUT2D eigenvalue weighted by Crippen LogP contribution is -2.36. The van der Waals surface area contributed by atoms with Gasteiger partial charge in [0, 0.05) is 18.7 Å². The van der Waals surface area contributed by atoms with E-state index in [4.69, 9.17) is 4.74 Å². The number of carbonyl (C=O) groups is 1. The summed E-state index contributed by atoms with van der Waals surface area (Å²) >= 11 is 0. The van der Waals surface area contributed by atoms with Crippen LogP contribution in [0.25, 0.3) is 11.1 Å². The second-order valence-corrected chi connectivity index (χ2v) is 10.6. The molecule has 1 aliphatic carbocycles. The van der Waals surface area contributed by atoms with E-state index >= 15 is 0 Å². The van der Waals surface area contributed by atoms with Crippen molar-refractivity contribution in [2.75, 3.05) is 19.4 Å². The molecule has 0 saturated heterocycles.